The molecule has 32 N–H and O–H groups in total. The van der Waals surface area contributed by atoms with Gasteiger partial charge in [0.05, 0.1) is 6.42 Å². The first-order valence-corrected chi connectivity index (χ1v) is 39.7. The Bertz CT molecular complexity index is 4030. The van der Waals surface area contributed by atoms with Crippen molar-refractivity contribution < 1.29 is 62.3 Å². The Hall–Kier alpha value is -11.4. The summed E-state index contributed by atoms with van der Waals surface area (Å²) in [6.45, 7) is 2.47. The summed E-state index contributed by atoms with van der Waals surface area (Å²) >= 11 is 1.32. The highest BCUT2D eigenvalue weighted by atomic mass is 32.2. The molecule has 0 aliphatic rings. The maximum Gasteiger partial charge on any atom is 0.243 e. The van der Waals surface area contributed by atoms with E-state index >= 15 is 0 Å². The van der Waals surface area contributed by atoms with E-state index in [2.05, 4.69) is 73.8 Å². The Morgan fingerprint density at radius 2 is 0.719 bits per heavy atom. The van der Waals surface area contributed by atoms with Crippen LogP contribution in [0.3, 0.4) is 0 Å². The van der Waals surface area contributed by atoms with Gasteiger partial charge in [0.15, 0.2) is 11.9 Å². The molecule has 0 spiro atoms. The van der Waals surface area contributed by atoms with Crippen LogP contribution in [0, 0.1) is 16.7 Å². The number of benzene rings is 3. The number of aromatic nitrogens is 2. The van der Waals surface area contributed by atoms with E-state index < -0.39 is 174 Å². The van der Waals surface area contributed by atoms with Crippen LogP contribution in [-0.2, 0) is 81.6 Å². The van der Waals surface area contributed by atoms with Crippen LogP contribution in [0.4, 0.5) is 0 Å². The van der Waals surface area contributed by atoms with E-state index in [1.807, 2.05) is 42.5 Å². The highest BCUT2D eigenvalue weighted by Gasteiger charge is 2.37. The molecule has 0 aliphatic carbocycles. The largest absolute Gasteiger partial charge is 0.370 e. The van der Waals surface area contributed by atoms with Crippen molar-refractivity contribution in [2.75, 3.05) is 44.7 Å². The normalized spacial score (nSPS) is 14.0. The monoisotopic (exact) mass is 1600 g/mol. The van der Waals surface area contributed by atoms with E-state index in [1.165, 1.54) is 11.8 Å². The number of primary amides is 3. The highest BCUT2D eigenvalue weighted by molar-refractivity contribution is 7.98. The van der Waals surface area contributed by atoms with Crippen molar-refractivity contribution in [1.29, 1.82) is 10.8 Å². The lowest BCUT2D eigenvalue weighted by atomic mass is 9.98. The van der Waals surface area contributed by atoms with E-state index in [0.29, 0.717) is 49.8 Å². The molecule has 0 radical (unpaired) electrons. The summed E-state index contributed by atoms with van der Waals surface area (Å²) in [5.41, 5.74) is 49.2. The smallest absolute Gasteiger partial charge is 0.243 e. The van der Waals surface area contributed by atoms with Gasteiger partial charge in [-0.3, -0.25) is 73.1 Å². The van der Waals surface area contributed by atoms with E-state index in [0.717, 1.165) is 27.4 Å². The number of fused-ring (bicyclic) bond motifs is 2. The van der Waals surface area contributed by atoms with Gasteiger partial charge < -0.3 is 120 Å². The number of hydrogen-bond acceptors (Lipinski definition) is 19. The molecule has 0 fully saturated rings. The zero-order chi connectivity index (χ0) is 83.7. The molecule has 5 aromatic rings. The molecule has 2 heterocycles. The molecular formula is C76H116N24O13S. The molecule has 0 bridgehead atoms. The van der Waals surface area contributed by atoms with Gasteiger partial charge in [-0.25, -0.2) is 0 Å². The molecule has 37 nitrogen and oxygen atoms in total. The fourth-order valence-corrected chi connectivity index (χ4v) is 13.1. The van der Waals surface area contributed by atoms with Crippen LogP contribution in [-0.4, -0.2) is 204 Å². The number of nitrogens with one attached hydrogen (secondary N) is 16. The third-order valence-corrected chi connectivity index (χ3v) is 19.5. The minimum atomic E-state index is -1.89. The predicted molar refractivity (Wildman–Crippen MR) is 434 cm³/mol. The topological polar surface area (TPSA) is 654 Å². The zero-order valence-corrected chi connectivity index (χ0v) is 65.5. The standard InChI is InChI=1S/C76H116N24O13S/c1-44(38-46-42-89-50-22-8-6-20-48(46)50)65(104)98-59(39-45-18-4-3-5-19-45)72(111)96-57(29-30-62(80)101)70(109)100-61(41-63(81)102)74(113)95-56(28-17-36-88-76(85)86)67(106)93-55(27-16-35-87-75(83)84)68(107)97-58(31-37-114-2)71(110)92-54(26-12-15-34-79)69(108)99-60(40-47-43-90-51-23-9-7-21-49(47)51)73(112)94-53(25-11-14-33-78)66(105)91-52(64(82)103)24-10-13-32-77/h3-9,18-23,42-44,52-61,89-90H,10-17,24-41,77-79H2,1-2H3,(H2,80,101)(H2,81,102)(H2,82,103)(H,91,105)(H,92,110)(H,93,106)(H,94,112)(H,95,113)(H,96,111)(H,97,107)(H,98,104)(H,99,108)(H,100,109)(H4,83,84,87)(H4,85,86,88)/t44-,52-,53-,54-,55-,56-,57-,58-,59-,60-,61-/m0/s1. The maximum atomic E-state index is 14.9. The van der Waals surface area contributed by atoms with Gasteiger partial charge in [-0.05, 0) is 163 Å². The van der Waals surface area contributed by atoms with Crippen LogP contribution in [0.5, 0.6) is 0 Å². The average molecular weight is 1610 g/mol. The summed E-state index contributed by atoms with van der Waals surface area (Å²) < 4.78 is 0. The molecule has 624 valence electrons. The molecule has 0 aliphatic heterocycles. The number of amides is 13. The lowest BCUT2D eigenvalue weighted by molar-refractivity contribution is -0.137. The molecule has 13 amide bonds. The summed E-state index contributed by atoms with van der Waals surface area (Å²) in [6.07, 6.45) is 5.82. The number of hydrogen-bond donors (Lipinski definition) is 24. The Balaban J connectivity index is 1.43. The maximum absolute atomic E-state index is 14.9. The first-order chi connectivity index (χ1) is 54.5. The Kier molecular flexibility index (Phi) is 40.8. The first-order valence-electron chi connectivity index (χ1n) is 38.3. The number of carbonyl (C=O) groups excluding carboxylic acids is 13. The van der Waals surface area contributed by atoms with Crippen molar-refractivity contribution in [3.8, 4) is 0 Å². The lowest BCUT2D eigenvalue weighted by Crippen LogP contribution is -2.61. The van der Waals surface area contributed by atoms with E-state index in [4.69, 9.17) is 56.7 Å². The van der Waals surface area contributed by atoms with Crippen molar-refractivity contribution in [2.45, 2.75) is 196 Å². The van der Waals surface area contributed by atoms with Gasteiger partial charge in [-0.15, -0.1) is 0 Å². The summed E-state index contributed by atoms with van der Waals surface area (Å²) in [5.74, 6) is -12.9. The lowest BCUT2D eigenvalue weighted by Gasteiger charge is -2.28. The Morgan fingerprint density at radius 1 is 0.377 bits per heavy atom. The third kappa shape index (κ3) is 32.7. The zero-order valence-electron chi connectivity index (χ0n) is 64.7. The number of carbonyl (C=O) groups is 13. The second-order valence-corrected chi connectivity index (χ2v) is 29.0. The van der Waals surface area contributed by atoms with Crippen LogP contribution in [0.2, 0.25) is 0 Å². The fourth-order valence-electron chi connectivity index (χ4n) is 12.6. The number of H-pyrrole nitrogens is 2. The van der Waals surface area contributed by atoms with Crippen LogP contribution in [0.25, 0.3) is 21.8 Å². The molecule has 0 saturated carbocycles. The summed E-state index contributed by atoms with van der Waals surface area (Å²) in [6, 6.07) is 8.85. The van der Waals surface area contributed by atoms with E-state index in [9.17, 15) is 62.3 Å². The van der Waals surface area contributed by atoms with Crippen molar-refractivity contribution in [3.63, 3.8) is 0 Å². The van der Waals surface area contributed by atoms with Crippen LogP contribution < -0.4 is 110 Å². The molecule has 2 aromatic heterocycles. The van der Waals surface area contributed by atoms with Gasteiger partial charge in [0.25, 0.3) is 0 Å². The summed E-state index contributed by atoms with van der Waals surface area (Å²) in [7, 11) is 0. The summed E-state index contributed by atoms with van der Waals surface area (Å²) in [4.78, 5) is 190. The van der Waals surface area contributed by atoms with Gasteiger partial charge in [0.1, 0.15) is 60.4 Å². The number of para-hydroxylation sites is 2. The van der Waals surface area contributed by atoms with E-state index in [1.54, 1.807) is 62.0 Å². The second kappa shape index (κ2) is 49.9. The van der Waals surface area contributed by atoms with Crippen molar-refractivity contribution in [1.82, 2.24) is 73.8 Å². The van der Waals surface area contributed by atoms with Crippen LogP contribution >= 0.6 is 11.8 Å². The molecule has 5 rings (SSSR count). The average Bonchev–Trinajstić information content (AvgIpc) is 1.65. The first kappa shape index (κ1) is 93.2. The third-order valence-electron chi connectivity index (χ3n) is 18.9. The summed E-state index contributed by atoms with van der Waals surface area (Å²) in [5, 5.41) is 49.1. The Morgan fingerprint density at radius 3 is 1.13 bits per heavy atom. The van der Waals surface area contributed by atoms with Crippen molar-refractivity contribution >= 4 is 122 Å². The number of aromatic amines is 2. The number of nitrogens with two attached hydrogens (primary N) is 8. The van der Waals surface area contributed by atoms with Crippen LogP contribution in [0.1, 0.15) is 133 Å². The van der Waals surface area contributed by atoms with Gasteiger partial charge in [-0.1, -0.05) is 73.7 Å². The molecule has 3 aromatic carbocycles. The van der Waals surface area contributed by atoms with Gasteiger partial charge in [-0.2, -0.15) is 11.8 Å². The molecule has 0 unspecified atom stereocenters. The molecule has 11 atom stereocenters. The molecule has 114 heavy (non-hydrogen) atoms. The Labute approximate surface area is 666 Å². The second-order valence-electron chi connectivity index (χ2n) is 28.0. The highest BCUT2D eigenvalue weighted by Crippen LogP contribution is 2.23. The SMILES string of the molecule is CSCC[C@H](NC(=O)[C@H](CCCNC(=N)N)NC(=O)[C@H](CCCNC(=N)N)NC(=O)[C@H](CC(N)=O)NC(=O)[C@H](CCC(N)=O)NC(=O)[C@H](Cc1ccccc1)NC(=O)[C@@H](C)Cc1c[nH]c2ccccc12)C(=O)N[C@@H](CCCCN)C(=O)N[C@@H](Cc1c[nH]c2ccccc12)C(=O)N[C@@H](CCCCN)C(=O)N[C@@H](CCCCN)C(N)=O. The molecular weight excluding hydrogens is 1490 g/mol. The van der Waals surface area contributed by atoms with Crippen LogP contribution in [0.15, 0.2) is 91.3 Å². The van der Waals surface area contributed by atoms with Crippen molar-refractivity contribution in [3.05, 3.63) is 108 Å². The van der Waals surface area contributed by atoms with Gasteiger partial charge in [0.2, 0.25) is 76.8 Å². The molecule has 38 heteroatoms. The molecule has 0 saturated heterocycles. The number of rotatable bonds is 55. The van der Waals surface area contributed by atoms with Gasteiger partial charge >= 0.3 is 0 Å². The number of thioether (sulfide) groups is 1. The quantitative estimate of drug-likeness (QED) is 0.0108. The number of unbranched alkanes of at least 4 members (excludes halogenated alkanes) is 3. The fraction of sp³-hybridized carbons (Fsp3) is 0.513. The van der Waals surface area contributed by atoms with Crippen molar-refractivity contribution in [2.24, 2.45) is 51.8 Å². The van der Waals surface area contributed by atoms with E-state index in [-0.39, 0.29) is 109 Å². The predicted octanol–water partition coefficient (Wildman–Crippen LogP) is -2.55. The minimum absolute atomic E-state index is 0.00126. The number of guanidine groups is 2. The minimum Gasteiger partial charge on any atom is -0.370 e. The van der Waals surface area contributed by atoms with Gasteiger partial charge in [0, 0.05) is 72.5 Å².